The van der Waals surface area contributed by atoms with E-state index in [0.717, 1.165) is 6.54 Å². The minimum Gasteiger partial charge on any atom is -0.507 e. The van der Waals surface area contributed by atoms with Crippen molar-refractivity contribution in [1.82, 2.24) is 14.8 Å². The van der Waals surface area contributed by atoms with Gasteiger partial charge in [-0.2, -0.15) is 5.10 Å². The summed E-state index contributed by atoms with van der Waals surface area (Å²) in [5.74, 6) is 0.996. The van der Waals surface area contributed by atoms with Crippen molar-refractivity contribution in [2.24, 2.45) is 11.3 Å². The van der Waals surface area contributed by atoms with Gasteiger partial charge in [-0.15, -0.1) is 0 Å². The molecule has 0 bridgehead atoms. The van der Waals surface area contributed by atoms with E-state index in [1.165, 1.54) is 38.2 Å². The monoisotopic (exact) mass is 388 g/mol. The van der Waals surface area contributed by atoms with Gasteiger partial charge in [0.15, 0.2) is 10.6 Å². The summed E-state index contributed by atoms with van der Waals surface area (Å²) in [5, 5.41) is 29.0. The van der Waals surface area contributed by atoms with Gasteiger partial charge in [0.1, 0.15) is 5.75 Å². The molecule has 2 N–H and O–H groups in total. The number of nitro benzene ring substituents is 1. The third-order valence-electron chi connectivity index (χ3n) is 6.35. The van der Waals surface area contributed by atoms with Crippen LogP contribution in [-0.4, -0.2) is 24.8 Å². The molecule has 0 radical (unpaired) electrons. The Morgan fingerprint density at radius 1 is 1.44 bits per heavy atom. The van der Waals surface area contributed by atoms with E-state index in [1.54, 1.807) is 6.07 Å². The molecule has 2 saturated carbocycles. The second-order valence-electron chi connectivity index (χ2n) is 8.25. The first-order valence-corrected chi connectivity index (χ1v) is 9.90. The van der Waals surface area contributed by atoms with Crippen molar-refractivity contribution in [2.45, 2.75) is 58.4 Å². The Morgan fingerprint density at radius 3 is 2.81 bits per heavy atom. The quantitative estimate of drug-likeness (QED) is 0.430. The van der Waals surface area contributed by atoms with Gasteiger partial charge in [0.05, 0.1) is 16.6 Å². The maximum Gasteiger partial charge on any atom is 0.284 e. The molecule has 0 aliphatic heterocycles. The second-order valence-corrected chi connectivity index (χ2v) is 8.64. The van der Waals surface area contributed by atoms with Crippen LogP contribution >= 0.6 is 12.2 Å². The van der Waals surface area contributed by atoms with Crippen LogP contribution in [0.5, 0.6) is 5.75 Å². The Bertz CT molecular complexity index is 958. The first-order valence-electron chi connectivity index (χ1n) is 9.49. The van der Waals surface area contributed by atoms with E-state index in [2.05, 4.69) is 10.2 Å². The van der Waals surface area contributed by atoms with Crippen molar-refractivity contribution < 1.29 is 10.0 Å². The summed E-state index contributed by atoms with van der Waals surface area (Å²) in [7, 11) is 0. The van der Waals surface area contributed by atoms with Gasteiger partial charge in [-0.05, 0) is 66.8 Å². The molecule has 0 amide bonds. The van der Waals surface area contributed by atoms with Crippen molar-refractivity contribution in [3.63, 3.8) is 0 Å². The number of nitro groups is 1. The summed E-state index contributed by atoms with van der Waals surface area (Å²) in [4.78, 5) is 11.2. The van der Waals surface area contributed by atoms with Crippen LogP contribution in [0.25, 0.3) is 11.4 Å². The number of aromatic hydroxyl groups is 1. The second kappa shape index (κ2) is 6.44. The standard InChI is InChI=1S/C19H24N4O3S/c1-11(2)13-8-14(15(23(25)26)9-16(13)24)17-20-21-18(27)22(17)10-12-4-3-5-19(12)6-7-19/h8-9,11-12,24H,3-7,10H2,1-2H3,(H,21,27). The average Bonchev–Trinajstić information content (AvgIpc) is 3.15. The molecule has 1 heterocycles. The molecule has 8 heteroatoms. The minimum absolute atomic E-state index is 0.0319. The van der Waals surface area contributed by atoms with Gasteiger partial charge in [0, 0.05) is 6.54 Å². The Kier molecular flexibility index (Phi) is 4.33. The van der Waals surface area contributed by atoms with Crippen LogP contribution in [0.15, 0.2) is 12.1 Å². The van der Waals surface area contributed by atoms with Crippen LogP contribution < -0.4 is 0 Å². The lowest BCUT2D eigenvalue weighted by Gasteiger charge is -2.20. The van der Waals surface area contributed by atoms with Gasteiger partial charge in [-0.3, -0.25) is 19.8 Å². The van der Waals surface area contributed by atoms with Crippen molar-refractivity contribution in [2.75, 3.05) is 0 Å². The molecule has 1 atom stereocenters. The Labute approximate surface area is 162 Å². The first kappa shape index (κ1) is 18.2. The zero-order valence-electron chi connectivity index (χ0n) is 15.6. The molecule has 2 aromatic rings. The smallest absolute Gasteiger partial charge is 0.284 e. The third kappa shape index (κ3) is 3.05. The molecule has 1 aromatic carbocycles. The number of phenols is 1. The third-order valence-corrected chi connectivity index (χ3v) is 6.66. The zero-order valence-corrected chi connectivity index (χ0v) is 16.4. The molecular formula is C19H24N4O3S. The van der Waals surface area contributed by atoms with E-state index in [-0.39, 0.29) is 17.4 Å². The van der Waals surface area contributed by atoms with E-state index in [9.17, 15) is 15.2 Å². The molecule has 2 aliphatic rings. The molecule has 2 aliphatic carbocycles. The van der Waals surface area contributed by atoms with Crippen molar-refractivity contribution in [3.05, 3.63) is 32.6 Å². The molecule has 1 aromatic heterocycles. The van der Waals surface area contributed by atoms with Crippen LogP contribution in [0.2, 0.25) is 0 Å². The summed E-state index contributed by atoms with van der Waals surface area (Å²) in [6.07, 6.45) is 6.22. The number of nitrogens with one attached hydrogen (secondary N) is 1. The summed E-state index contributed by atoms with van der Waals surface area (Å²) >= 11 is 5.45. The fourth-order valence-electron chi connectivity index (χ4n) is 4.61. The Balaban J connectivity index is 1.81. The van der Waals surface area contributed by atoms with Crippen LogP contribution in [0.1, 0.15) is 57.4 Å². The van der Waals surface area contributed by atoms with Gasteiger partial charge in [-0.25, -0.2) is 0 Å². The molecular weight excluding hydrogens is 364 g/mol. The Hall–Kier alpha value is -2.22. The van der Waals surface area contributed by atoms with E-state index in [4.69, 9.17) is 12.2 Å². The lowest BCUT2D eigenvalue weighted by Crippen LogP contribution is -2.17. The summed E-state index contributed by atoms with van der Waals surface area (Å²) in [6, 6.07) is 2.91. The zero-order chi connectivity index (χ0) is 19.3. The van der Waals surface area contributed by atoms with E-state index < -0.39 is 4.92 Å². The summed E-state index contributed by atoms with van der Waals surface area (Å²) in [6.45, 7) is 4.62. The van der Waals surface area contributed by atoms with E-state index in [1.807, 2.05) is 18.4 Å². The van der Waals surface area contributed by atoms with Crippen LogP contribution in [-0.2, 0) is 6.54 Å². The van der Waals surface area contributed by atoms with Crippen LogP contribution in [0.4, 0.5) is 5.69 Å². The van der Waals surface area contributed by atoms with Crippen molar-refractivity contribution in [1.29, 1.82) is 0 Å². The van der Waals surface area contributed by atoms with Gasteiger partial charge in [0.2, 0.25) is 0 Å². The maximum atomic E-state index is 11.6. The molecule has 0 saturated heterocycles. The highest BCUT2D eigenvalue weighted by atomic mass is 32.1. The number of hydrogen-bond acceptors (Lipinski definition) is 5. The van der Waals surface area contributed by atoms with Crippen molar-refractivity contribution in [3.8, 4) is 17.1 Å². The SMILES string of the molecule is CC(C)c1cc(-c2n[nH]c(=S)n2CC2CCCC23CC3)c([N+](=O)[O-])cc1O. The van der Waals surface area contributed by atoms with E-state index in [0.29, 0.717) is 33.1 Å². The van der Waals surface area contributed by atoms with E-state index >= 15 is 0 Å². The number of nitrogens with zero attached hydrogens (tertiary/aromatic N) is 3. The van der Waals surface area contributed by atoms with Crippen LogP contribution in [0.3, 0.4) is 0 Å². The number of benzene rings is 1. The normalized spacial score (nSPS) is 20.5. The molecule has 27 heavy (non-hydrogen) atoms. The highest BCUT2D eigenvalue weighted by Crippen LogP contribution is 2.61. The number of hydrogen-bond donors (Lipinski definition) is 2. The fourth-order valence-corrected chi connectivity index (χ4v) is 4.82. The number of aromatic amines is 1. The molecule has 1 unspecified atom stereocenters. The lowest BCUT2D eigenvalue weighted by molar-refractivity contribution is -0.384. The number of phenolic OH excluding ortho intramolecular Hbond substituents is 1. The fraction of sp³-hybridized carbons (Fsp3) is 0.579. The Morgan fingerprint density at radius 2 is 2.19 bits per heavy atom. The first-order chi connectivity index (χ1) is 12.8. The molecule has 1 spiro atoms. The summed E-state index contributed by atoms with van der Waals surface area (Å²) < 4.78 is 2.40. The molecule has 144 valence electrons. The van der Waals surface area contributed by atoms with Gasteiger partial charge >= 0.3 is 0 Å². The van der Waals surface area contributed by atoms with Gasteiger partial charge < -0.3 is 5.11 Å². The molecule has 4 rings (SSSR count). The van der Waals surface area contributed by atoms with Gasteiger partial charge in [0.25, 0.3) is 5.69 Å². The summed E-state index contributed by atoms with van der Waals surface area (Å²) in [5.41, 5.74) is 1.36. The number of aromatic nitrogens is 3. The molecule has 7 nitrogen and oxygen atoms in total. The van der Waals surface area contributed by atoms with Gasteiger partial charge in [-0.1, -0.05) is 20.3 Å². The highest BCUT2D eigenvalue weighted by molar-refractivity contribution is 7.71. The van der Waals surface area contributed by atoms with Crippen LogP contribution in [0, 0.1) is 26.2 Å². The topological polar surface area (TPSA) is 97.0 Å². The minimum atomic E-state index is -0.473. The predicted octanol–water partition coefficient (Wildman–Crippen LogP) is 4.93. The largest absolute Gasteiger partial charge is 0.507 e. The lowest BCUT2D eigenvalue weighted by atomic mass is 9.92. The number of rotatable bonds is 5. The predicted molar refractivity (Wildman–Crippen MR) is 104 cm³/mol. The average molecular weight is 388 g/mol. The molecule has 2 fully saturated rings. The van der Waals surface area contributed by atoms with Crippen molar-refractivity contribution >= 4 is 17.9 Å². The highest BCUT2D eigenvalue weighted by Gasteiger charge is 2.51. The number of H-pyrrole nitrogens is 1. The maximum absolute atomic E-state index is 11.6.